The molecule has 1 aliphatic rings. The zero-order valence-electron chi connectivity index (χ0n) is 10.4. The van der Waals surface area contributed by atoms with Gasteiger partial charge in [0.15, 0.2) is 0 Å². The number of nitrogens with two attached hydrogens (primary N) is 1. The molecule has 0 bridgehead atoms. The van der Waals surface area contributed by atoms with E-state index in [1.54, 1.807) is 0 Å². The number of anilines is 2. The highest BCUT2D eigenvalue weighted by atomic mass is 32.2. The maximum absolute atomic E-state index is 5.96. The molecule has 1 saturated heterocycles. The fourth-order valence-corrected chi connectivity index (χ4v) is 3.00. The summed E-state index contributed by atoms with van der Waals surface area (Å²) in [6.07, 6.45) is 0. The molecule has 0 amide bonds. The van der Waals surface area contributed by atoms with Crippen LogP contribution in [0.4, 0.5) is 11.4 Å². The minimum absolute atomic E-state index is 0.846. The van der Waals surface area contributed by atoms with Gasteiger partial charge in [0.2, 0.25) is 0 Å². The lowest BCUT2D eigenvalue weighted by Crippen LogP contribution is -2.36. The molecule has 1 aliphatic heterocycles. The van der Waals surface area contributed by atoms with Gasteiger partial charge in [-0.3, -0.25) is 4.90 Å². The second kappa shape index (κ2) is 6.17. The first-order valence-corrected chi connectivity index (χ1v) is 7.31. The van der Waals surface area contributed by atoms with Gasteiger partial charge in [-0.15, -0.1) is 0 Å². The number of hydrogen-bond donors (Lipinski definition) is 2. The van der Waals surface area contributed by atoms with Crippen LogP contribution in [0.3, 0.4) is 0 Å². The van der Waals surface area contributed by atoms with Crippen LogP contribution >= 0.6 is 11.8 Å². The van der Waals surface area contributed by atoms with Gasteiger partial charge in [-0.05, 0) is 24.6 Å². The quantitative estimate of drug-likeness (QED) is 0.804. The number of benzene rings is 1. The average Bonchev–Trinajstić information content (AvgIpc) is 2.33. The normalized spacial score (nSPS) is 17.0. The predicted molar refractivity (Wildman–Crippen MR) is 77.8 cm³/mol. The van der Waals surface area contributed by atoms with Crippen molar-refractivity contribution in [1.82, 2.24) is 4.90 Å². The second-order valence-corrected chi connectivity index (χ2v) is 5.70. The molecule has 4 heteroatoms. The molecule has 1 aromatic rings. The smallest absolute Gasteiger partial charge is 0.0574 e. The molecule has 94 valence electrons. The molecule has 0 atom stereocenters. The monoisotopic (exact) mass is 251 g/mol. The van der Waals surface area contributed by atoms with E-state index in [9.17, 15) is 0 Å². The molecule has 1 heterocycles. The van der Waals surface area contributed by atoms with E-state index in [0.29, 0.717) is 0 Å². The highest BCUT2D eigenvalue weighted by Crippen LogP contribution is 2.19. The van der Waals surface area contributed by atoms with E-state index in [1.807, 2.05) is 6.07 Å². The summed E-state index contributed by atoms with van der Waals surface area (Å²) in [5.41, 5.74) is 9.07. The van der Waals surface area contributed by atoms with Crippen LogP contribution in [0.1, 0.15) is 5.56 Å². The number of thioether (sulfide) groups is 1. The van der Waals surface area contributed by atoms with Gasteiger partial charge >= 0.3 is 0 Å². The lowest BCUT2D eigenvalue weighted by molar-refractivity contribution is 0.314. The topological polar surface area (TPSA) is 41.3 Å². The van der Waals surface area contributed by atoms with Crippen molar-refractivity contribution in [1.29, 1.82) is 0 Å². The molecule has 3 nitrogen and oxygen atoms in total. The summed E-state index contributed by atoms with van der Waals surface area (Å²) in [7, 11) is 0. The number of nitrogens with one attached hydrogen (secondary N) is 1. The molecule has 2 rings (SSSR count). The number of nitrogens with zero attached hydrogens (tertiary/aromatic N) is 1. The van der Waals surface area contributed by atoms with Gasteiger partial charge in [0, 0.05) is 37.7 Å². The highest BCUT2D eigenvalue weighted by molar-refractivity contribution is 7.99. The zero-order chi connectivity index (χ0) is 12.1. The van der Waals surface area contributed by atoms with E-state index in [-0.39, 0.29) is 0 Å². The van der Waals surface area contributed by atoms with Gasteiger partial charge in [0.05, 0.1) is 11.4 Å². The van der Waals surface area contributed by atoms with Crippen molar-refractivity contribution in [2.24, 2.45) is 0 Å². The Bertz CT molecular complexity index is 362. The summed E-state index contributed by atoms with van der Waals surface area (Å²) in [4.78, 5) is 2.51. The van der Waals surface area contributed by atoms with Crippen molar-refractivity contribution in [3.63, 3.8) is 0 Å². The SMILES string of the molecule is Cc1ccc(NCCN2CCSCC2)c(N)c1. The Morgan fingerprint density at radius 3 is 2.82 bits per heavy atom. The molecule has 1 aromatic carbocycles. The largest absolute Gasteiger partial charge is 0.397 e. The molecule has 0 unspecified atom stereocenters. The van der Waals surface area contributed by atoms with Crippen molar-refractivity contribution in [2.45, 2.75) is 6.92 Å². The Labute approximate surface area is 108 Å². The maximum Gasteiger partial charge on any atom is 0.0574 e. The molecule has 1 fully saturated rings. The van der Waals surface area contributed by atoms with E-state index in [0.717, 1.165) is 24.5 Å². The zero-order valence-corrected chi connectivity index (χ0v) is 11.2. The van der Waals surface area contributed by atoms with E-state index < -0.39 is 0 Å². The van der Waals surface area contributed by atoms with E-state index >= 15 is 0 Å². The van der Waals surface area contributed by atoms with Crippen LogP contribution in [-0.2, 0) is 0 Å². The third-order valence-corrected chi connectivity index (χ3v) is 4.00. The Morgan fingerprint density at radius 1 is 1.35 bits per heavy atom. The van der Waals surface area contributed by atoms with Crippen LogP contribution in [0, 0.1) is 6.92 Å². The van der Waals surface area contributed by atoms with Crippen molar-refractivity contribution >= 4 is 23.1 Å². The predicted octanol–water partition coefficient (Wildman–Crippen LogP) is 2.04. The average molecular weight is 251 g/mol. The second-order valence-electron chi connectivity index (χ2n) is 4.47. The minimum Gasteiger partial charge on any atom is -0.397 e. The van der Waals surface area contributed by atoms with Crippen molar-refractivity contribution < 1.29 is 0 Å². The number of nitrogen functional groups attached to an aromatic ring is 1. The highest BCUT2D eigenvalue weighted by Gasteiger charge is 2.09. The standard InChI is InChI=1S/C13H21N3S/c1-11-2-3-13(12(14)10-11)15-4-5-16-6-8-17-9-7-16/h2-3,10,15H,4-9,14H2,1H3. The molecule has 0 spiro atoms. The molecule has 0 radical (unpaired) electrons. The lowest BCUT2D eigenvalue weighted by Gasteiger charge is -2.26. The lowest BCUT2D eigenvalue weighted by atomic mass is 10.2. The van der Waals surface area contributed by atoms with Crippen LogP contribution in [0.15, 0.2) is 18.2 Å². The summed E-state index contributed by atoms with van der Waals surface area (Å²) < 4.78 is 0. The van der Waals surface area contributed by atoms with Gasteiger partial charge in [0.25, 0.3) is 0 Å². The Balaban J connectivity index is 1.77. The molecule has 0 aliphatic carbocycles. The van der Waals surface area contributed by atoms with Gasteiger partial charge < -0.3 is 11.1 Å². The van der Waals surface area contributed by atoms with Crippen molar-refractivity contribution in [3.8, 4) is 0 Å². The van der Waals surface area contributed by atoms with Gasteiger partial charge in [-0.1, -0.05) is 6.07 Å². The van der Waals surface area contributed by atoms with Crippen LogP contribution < -0.4 is 11.1 Å². The van der Waals surface area contributed by atoms with E-state index in [2.05, 4.69) is 41.0 Å². The fraction of sp³-hybridized carbons (Fsp3) is 0.538. The first-order chi connectivity index (χ1) is 8.25. The number of rotatable bonds is 4. The Morgan fingerprint density at radius 2 is 2.12 bits per heavy atom. The van der Waals surface area contributed by atoms with Crippen molar-refractivity contribution in [2.75, 3.05) is 48.7 Å². The van der Waals surface area contributed by atoms with Crippen LogP contribution in [0.5, 0.6) is 0 Å². The van der Waals surface area contributed by atoms with Crippen molar-refractivity contribution in [3.05, 3.63) is 23.8 Å². The number of hydrogen-bond acceptors (Lipinski definition) is 4. The first kappa shape index (κ1) is 12.6. The van der Waals surface area contributed by atoms with E-state index in [1.165, 1.54) is 30.2 Å². The van der Waals surface area contributed by atoms with Crippen LogP contribution in [0.25, 0.3) is 0 Å². The van der Waals surface area contributed by atoms with Crippen LogP contribution in [-0.4, -0.2) is 42.6 Å². The molecule has 0 saturated carbocycles. The Kier molecular flexibility index (Phi) is 4.57. The number of aryl methyl sites for hydroxylation is 1. The van der Waals surface area contributed by atoms with Crippen LogP contribution in [0.2, 0.25) is 0 Å². The van der Waals surface area contributed by atoms with E-state index in [4.69, 9.17) is 5.73 Å². The van der Waals surface area contributed by atoms with Gasteiger partial charge in [-0.2, -0.15) is 11.8 Å². The Hall–Kier alpha value is -0.870. The summed E-state index contributed by atoms with van der Waals surface area (Å²) in [5, 5.41) is 3.41. The summed E-state index contributed by atoms with van der Waals surface area (Å²) in [5.74, 6) is 2.54. The van der Waals surface area contributed by atoms with Gasteiger partial charge in [0.1, 0.15) is 0 Å². The first-order valence-electron chi connectivity index (χ1n) is 6.16. The minimum atomic E-state index is 0.846. The summed E-state index contributed by atoms with van der Waals surface area (Å²) >= 11 is 2.05. The maximum atomic E-state index is 5.96. The summed E-state index contributed by atoms with van der Waals surface area (Å²) in [6.45, 7) is 6.57. The molecular weight excluding hydrogens is 230 g/mol. The molecule has 3 N–H and O–H groups in total. The summed E-state index contributed by atoms with van der Waals surface area (Å²) in [6, 6.07) is 6.17. The van der Waals surface area contributed by atoms with Gasteiger partial charge in [-0.25, -0.2) is 0 Å². The fourth-order valence-electron chi connectivity index (χ4n) is 2.02. The third-order valence-electron chi connectivity index (χ3n) is 3.05. The molecular formula is C13H21N3S. The third kappa shape index (κ3) is 3.82. The molecule has 17 heavy (non-hydrogen) atoms. The molecule has 0 aromatic heterocycles.